The average Bonchev–Trinajstić information content (AvgIpc) is 2.87. The van der Waals surface area contributed by atoms with Crippen molar-refractivity contribution in [3.8, 4) is 0 Å². The molecule has 1 heterocycles. The number of esters is 1. The van der Waals surface area contributed by atoms with Gasteiger partial charge in [0.1, 0.15) is 11.7 Å². The summed E-state index contributed by atoms with van der Waals surface area (Å²) in [5.74, 6) is -0.452. The molecule has 0 aromatic carbocycles. The van der Waals surface area contributed by atoms with Gasteiger partial charge >= 0.3 is 5.97 Å². The maximum atomic E-state index is 12.1. The lowest BCUT2D eigenvalue weighted by Gasteiger charge is -2.15. The van der Waals surface area contributed by atoms with Crippen molar-refractivity contribution in [1.82, 2.24) is 20.3 Å². The minimum absolute atomic E-state index is 0.0582. The van der Waals surface area contributed by atoms with Gasteiger partial charge in [0.2, 0.25) is 5.91 Å². The molecule has 1 atom stereocenters. The Bertz CT molecular complexity index is 498. The molecule has 0 saturated carbocycles. The Morgan fingerprint density at radius 1 is 1.29 bits per heavy atom. The minimum Gasteiger partial charge on any atom is -0.464 e. The third-order valence-corrected chi connectivity index (χ3v) is 2.88. The summed E-state index contributed by atoms with van der Waals surface area (Å²) >= 11 is 0. The first-order chi connectivity index (χ1) is 9.92. The molecule has 0 bridgehead atoms. The highest BCUT2D eigenvalue weighted by Gasteiger charge is 2.25. The number of ether oxygens (including phenoxy) is 2. The van der Waals surface area contributed by atoms with Gasteiger partial charge in [0.05, 0.1) is 13.7 Å². The van der Waals surface area contributed by atoms with Crippen LogP contribution in [-0.2, 0) is 20.9 Å². The normalized spacial score (nSPS) is 12.3. The summed E-state index contributed by atoms with van der Waals surface area (Å²) in [5, 5.41) is 10.5. The number of carbonyl (C=O) groups excluding carboxylic acids is 2. The zero-order valence-electron chi connectivity index (χ0n) is 13.0. The quantitative estimate of drug-likeness (QED) is 0.738. The number of amides is 1. The van der Waals surface area contributed by atoms with E-state index in [-0.39, 0.29) is 18.2 Å². The zero-order valence-corrected chi connectivity index (χ0v) is 13.0. The molecule has 1 rings (SSSR count). The van der Waals surface area contributed by atoms with E-state index in [0.29, 0.717) is 18.2 Å². The van der Waals surface area contributed by atoms with Crippen molar-refractivity contribution < 1.29 is 19.1 Å². The van der Waals surface area contributed by atoms with Gasteiger partial charge in [-0.05, 0) is 12.8 Å². The molecule has 0 fully saturated rings. The second-order valence-electron chi connectivity index (χ2n) is 5.07. The summed E-state index contributed by atoms with van der Waals surface area (Å²) in [5.41, 5.74) is 0.472. The first-order valence-electron chi connectivity index (χ1n) is 6.71. The maximum absolute atomic E-state index is 12.1. The van der Waals surface area contributed by atoms with E-state index >= 15 is 0 Å². The molecule has 0 aliphatic heterocycles. The molecule has 0 saturated heterocycles. The fourth-order valence-corrected chi connectivity index (χ4v) is 1.71. The predicted molar refractivity (Wildman–Crippen MR) is 74.6 cm³/mol. The molecule has 1 aromatic heterocycles. The molecule has 1 unspecified atom stereocenters. The number of carbonyl (C=O) groups is 2. The maximum Gasteiger partial charge on any atom is 0.360 e. The van der Waals surface area contributed by atoms with E-state index in [0.717, 1.165) is 0 Å². The van der Waals surface area contributed by atoms with Gasteiger partial charge in [0, 0.05) is 13.7 Å². The molecule has 21 heavy (non-hydrogen) atoms. The molecule has 0 aliphatic carbocycles. The molecule has 1 aromatic rings. The van der Waals surface area contributed by atoms with Crippen LogP contribution in [0.3, 0.4) is 0 Å². The SMILES string of the molecule is COCc1c(C(=O)OC)nnn1C(C)C(=O)NCC(C)C. The van der Waals surface area contributed by atoms with Gasteiger partial charge in [0.25, 0.3) is 0 Å². The van der Waals surface area contributed by atoms with Crippen LogP contribution in [0.5, 0.6) is 0 Å². The Kier molecular flexibility index (Phi) is 6.29. The number of aromatic nitrogens is 3. The fraction of sp³-hybridized carbons (Fsp3) is 0.692. The summed E-state index contributed by atoms with van der Waals surface area (Å²) in [4.78, 5) is 23.7. The Labute approximate surface area is 123 Å². The van der Waals surface area contributed by atoms with Crippen molar-refractivity contribution in [3.63, 3.8) is 0 Å². The van der Waals surface area contributed by atoms with Crippen LogP contribution in [0.1, 0.15) is 43.0 Å². The topological polar surface area (TPSA) is 95.3 Å². The Morgan fingerprint density at radius 2 is 1.95 bits per heavy atom. The number of hydrogen-bond donors (Lipinski definition) is 1. The van der Waals surface area contributed by atoms with Crippen LogP contribution in [0.2, 0.25) is 0 Å². The van der Waals surface area contributed by atoms with Crippen molar-refractivity contribution in [3.05, 3.63) is 11.4 Å². The minimum atomic E-state index is -0.608. The molecule has 0 radical (unpaired) electrons. The summed E-state index contributed by atoms with van der Waals surface area (Å²) in [7, 11) is 2.75. The van der Waals surface area contributed by atoms with E-state index in [1.54, 1.807) is 6.92 Å². The number of rotatable bonds is 7. The van der Waals surface area contributed by atoms with Crippen molar-refractivity contribution in [1.29, 1.82) is 0 Å². The molecule has 0 aliphatic rings. The van der Waals surface area contributed by atoms with Crippen molar-refractivity contribution >= 4 is 11.9 Å². The van der Waals surface area contributed by atoms with Gasteiger partial charge in [-0.2, -0.15) is 0 Å². The van der Waals surface area contributed by atoms with Crippen molar-refractivity contribution in [2.45, 2.75) is 33.4 Å². The lowest BCUT2D eigenvalue weighted by molar-refractivity contribution is -0.124. The van der Waals surface area contributed by atoms with Crippen LogP contribution in [0, 0.1) is 5.92 Å². The summed E-state index contributed by atoms with van der Waals surface area (Å²) in [6.07, 6.45) is 0. The van der Waals surface area contributed by atoms with Crippen LogP contribution < -0.4 is 5.32 Å². The largest absolute Gasteiger partial charge is 0.464 e. The van der Waals surface area contributed by atoms with E-state index in [4.69, 9.17) is 4.74 Å². The lowest BCUT2D eigenvalue weighted by atomic mass is 10.2. The molecule has 8 heteroatoms. The monoisotopic (exact) mass is 298 g/mol. The van der Waals surface area contributed by atoms with Crippen LogP contribution in [0.25, 0.3) is 0 Å². The number of methoxy groups -OCH3 is 2. The highest BCUT2D eigenvalue weighted by molar-refractivity contribution is 5.88. The third kappa shape index (κ3) is 4.25. The Hall–Kier alpha value is -1.96. The standard InChI is InChI=1S/C13H22N4O4/c1-8(2)6-14-12(18)9(3)17-10(7-20-4)11(15-16-17)13(19)21-5/h8-9H,6-7H2,1-5H3,(H,14,18). The van der Waals surface area contributed by atoms with E-state index in [9.17, 15) is 9.59 Å². The van der Waals surface area contributed by atoms with Crippen molar-refractivity contribution in [2.24, 2.45) is 5.92 Å². The average molecular weight is 298 g/mol. The van der Waals surface area contributed by atoms with E-state index in [2.05, 4.69) is 20.4 Å². The molecular formula is C13H22N4O4. The highest BCUT2D eigenvalue weighted by Crippen LogP contribution is 2.14. The Morgan fingerprint density at radius 3 is 2.48 bits per heavy atom. The van der Waals surface area contributed by atoms with Gasteiger partial charge < -0.3 is 14.8 Å². The number of hydrogen-bond acceptors (Lipinski definition) is 6. The lowest BCUT2D eigenvalue weighted by Crippen LogP contribution is -2.34. The number of nitrogens with zero attached hydrogens (tertiary/aromatic N) is 3. The number of nitrogens with one attached hydrogen (secondary N) is 1. The summed E-state index contributed by atoms with van der Waals surface area (Å²) in [6.45, 7) is 6.38. The van der Waals surface area contributed by atoms with Gasteiger partial charge in [-0.25, -0.2) is 9.48 Å². The van der Waals surface area contributed by atoms with Gasteiger partial charge in [0.15, 0.2) is 5.69 Å². The first-order valence-corrected chi connectivity index (χ1v) is 6.71. The zero-order chi connectivity index (χ0) is 16.0. The third-order valence-electron chi connectivity index (χ3n) is 2.88. The fourth-order valence-electron chi connectivity index (χ4n) is 1.71. The molecular weight excluding hydrogens is 276 g/mol. The Balaban J connectivity index is 2.98. The molecule has 1 amide bonds. The first kappa shape index (κ1) is 17.1. The van der Waals surface area contributed by atoms with E-state index in [1.165, 1.54) is 18.9 Å². The van der Waals surface area contributed by atoms with E-state index < -0.39 is 12.0 Å². The van der Waals surface area contributed by atoms with E-state index in [1.807, 2.05) is 13.8 Å². The van der Waals surface area contributed by atoms with Gasteiger partial charge in [-0.15, -0.1) is 5.10 Å². The summed E-state index contributed by atoms with van der Waals surface area (Å²) in [6, 6.07) is -0.597. The second kappa shape index (κ2) is 7.72. The van der Waals surface area contributed by atoms with Crippen LogP contribution in [-0.4, -0.2) is 47.6 Å². The molecule has 8 nitrogen and oxygen atoms in total. The molecule has 0 spiro atoms. The van der Waals surface area contributed by atoms with Gasteiger partial charge in [-0.1, -0.05) is 19.1 Å². The smallest absolute Gasteiger partial charge is 0.360 e. The van der Waals surface area contributed by atoms with Crippen LogP contribution >= 0.6 is 0 Å². The summed E-state index contributed by atoms with van der Waals surface area (Å²) < 4.78 is 11.1. The molecule has 1 N–H and O–H groups in total. The highest BCUT2D eigenvalue weighted by atomic mass is 16.5. The van der Waals surface area contributed by atoms with Crippen LogP contribution in [0.15, 0.2) is 0 Å². The predicted octanol–water partition coefficient (Wildman–Crippen LogP) is 0.544. The van der Waals surface area contributed by atoms with Crippen LogP contribution in [0.4, 0.5) is 0 Å². The molecule has 118 valence electrons. The second-order valence-corrected chi connectivity index (χ2v) is 5.07. The van der Waals surface area contributed by atoms with Crippen molar-refractivity contribution in [2.75, 3.05) is 20.8 Å². The van der Waals surface area contributed by atoms with Gasteiger partial charge in [-0.3, -0.25) is 4.79 Å².